The molecule has 0 aromatic carbocycles. The summed E-state index contributed by atoms with van der Waals surface area (Å²) in [7, 11) is 0. The largest absolute Gasteiger partial charge is 0.356 e. The lowest BCUT2D eigenvalue weighted by Crippen LogP contribution is -2.30. The van der Waals surface area contributed by atoms with Gasteiger partial charge in [0.25, 0.3) is 0 Å². The standard InChI is InChI=1S/C12H23NO/c1-3-5-6-11(9-10-7-8-10)12(14)13-4-2/h10-11H,3-9H2,1-2H3,(H,13,14). The predicted octanol–water partition coefficient (Wildman–Crippen LogP) is 2.73. The summed E-state index contributed by atoms with van der Waals surface area (Å²) in [6.45, 7) is 4.95. The zero-order valence-corrected chi connectivity index (χ0v) is 9.51. The average Bonchev–Trinajstić information content (AvgIpc) is 2.96. The van der Waals surface area contributed by atoms with Gasteiger partial charge in [0.2, 0.25) is 5.91 Å². The van der Waals surface area contributed by atoms with Gasteiger partial charge in [0, 0.05) is 12.5 Å². The maximum Gasteiger partial charge on any atom is 0.223 e. The molecular formula is C12H23NO. The summed E-state index contributed by atoms with van der Waals surface area (Å²) in [4.78, 5) is 11.7. The number of nitrogens with one attached hydrogen (secondary N) is 1. The van der Waals surface area contributed by atoms with Gasteiger partial charge in [-0.2, -0.15) is 0 Å². The van der Waals surface area contributed by atoms with Gasteiger partial charge in [0.05, 0.1) is 0 Å². The molecule has 0 spiro atoms. The zero-order chi connectivity index (χ0) is 10.4. The Labute approximate surface area is 87.5 Å². The van der Waals surface area contributed by atoms with Crippen molar-refractivity contribution >= 4 is 5.91 Å². The minimum Gasteiger partial charge on any atom is -0.356 e. The first-order valence-electron chi connectivity index (χ1n) is 6.05. The SMILES string of the molecule is CCCCC(CC1CC1)C(=O)NCC. The van der Waals surface area contributed by atoms with E-state index in [4.69, 9.17) is 0 Å². The fourth-order valence-corrected chi connectivity index (χ4v) is 1.88. The summed E-state index contributed by atoms with van der Waals surface area (Å²) in [6.07, 6.45) is 7.30. The minimum absolute atomic E-state index is 0.285. The number of hydrogen-bond donors (Lipinski definition) is 1. The number of amides is 1. The maximum absolute atomic E-state index is 11.7. The summed E-state index contributed by atoms with van der Waals surface area (Å²) >= 11 is 0. The predicted molar refractivity (Wildman–Crippen MR) is 59.0 cm³/mol. The monoisotopic (exact) mass is 197 g/mol. The second-order valence-corrected chi connectivity index (χ2v) is 4.41. The van der Waals surface area contributed by atoms with Crippen LogP contribution in [0.15, 0.2) is 0 Å². The van der Waals surface area contributed by atoms with Gasteiger partial charge in [-0.15, -0.1) is 0 Å². The van der Waals surface area contributed by atoms with Crippen LogP contribution in [0.4, 0.5) is 0 Å². The topological polar surface area (TPSA) is 29.1 Å². The Bertz CT molecular complexity index is 175. The fraction of sp³-hybridized carbons (Fsp3) is 0.917. The minimum atomic E-state index is 0.285. The number of carbonyl (C=O) groups excluding carboxylic acids is 1. The molecule has 0 bridgehead atoms. The third kappa shape index (κ3) is 4.12. The van der Waals surface area contributed by atoms with Crippen LogP contribution in [0.1, 0.15) is 52.4 Å². The molecule has 1 aliphatic rings. The molecule has 0 radical (unpaired) electrons. The highest BCUT2D eigenvalue weighted by molar-refractivity contribution is 5.78. The molecule has 1 amide bonds. The van der Waals surface area contributed by atoms with Gasteiger partial charge in [-0.1, -0.05) is 32.6 Å². The molecule has 0 aliphatic heterocycles. The third-order valence-corrected chi connectivity index (χ3v) is 2.94. The first kappa shape index (κ1) is 11.5. The lowest BCUT2D eigenvalue weighted by Gasteiger charge is -2.15. The van der Waals surface area contributed by atoms with Crippen LogP contribution < -0.4 is 5.32 Å². The molecule has 0 saturated heterocycles. The Morgan fingerprint density at radius 1 is 1.43 bits per heavy atom. The molecule has 0 aromatic rings. The molecule has 1 rings (SSSR count). The quantitative estimate of drug-likeness (QED) is 0.668. The Kier molecular flexibility index (Phi) is 4.99. The maximum atomic E-state index is 11.7. The molecule has 1 unspecified atom stereocenters. The smallest absolute Gasteiger partial charge is 0.223 e. The van der Waals surface area contributed by atoms with Crippen molar-refractivity contribution in [2.24, 2.45) is 11.8 Å². The highest BCUT2D eigenvalue weighted by atomic mass is 16.1. The van der Waals surface area contributed by atoms with E-state index in [9.17, 15) is 4.79 Å². The Morgan fingerprint density at radius 2 is 2.14 bits per heavy atom. The van der Waals surface area contributed by atoms with E-state index in [-0.39, 0.29) is 5.91 Å². The van der Waals surface area contributed by atoms with E-state index in [1.165, 1.54) is 25.7 Å². The third-order valence-electron chi connectivity index (χ3n) is 2.94. The zero-order valence-electron chi connectivity index (χ0n) is 9.51. The van der Waals surface area contributed by atoms with Crippen LogP contribution in [0.5, 0.6) is 0 Å². The normalized spacial score (nSPS) is 17.9. The summed E-state index contributed by atoms with van der Waals surface area (Å²) < 4.78 is 0. The Balaban J connectivity index is 2.29. The van der Waals surface area contributed by atoms with Crippen LogP contribution in [0.25, 0.3) is 0 Å². The molecule has 2 nitrogen and oxygen atoms in total. The van der Waals surface area contributed by atoms with Crippen molar-refractivity contribution in [2.75, 3.05) is 6.54 Å². The average molecular weight is 197 g/mol. The number of carbonyl (C=O) groups is 1. The number of rotatable bonds is 7. The van der Waals surface area contributed by atoms with Crippen molar-refractivity contribution in [3.8, 4) is 0 Å². The van der Waals surface area contributed by atoms with Crippen molar-refractivity contribution < 1.29 is 4.79 Å². The van der Waals surface area contributed by atoms with Crippen molar-refractivity contribution in [3.05, 3.63) is 0 Å². The van der Waals surface area contributed by atoms with Crippen LogP contribution in [0, 0.1) is 11.8 Å². The van der Waals surface area contributed by atoms with Gasteiger partial charge in [0.15, 0.2) is 0 Å². The van der Waals surface area contributed by atoms with Crippen LogP contribution in [0.3, 0.4) is 0 Å². The molecule has 82 valence electrons. The van der Waals surface area contributed by atoms with Gasteiger partial charge in [-0.25, -0.2) is 0 Å². The first-order chi connectivity index (χ1) is 6.77. The molecule has 0 heterocycles. The molecule has 14 heavy (non-hydrogen) atoms. The molecule has 0 aromatic heterocycles. The Hall–Kier alpha value is -0.530. The Morgan fingerprint density at radius 3 is 2.64 bits per heavy atom. The van der Waals surface area contributed by atoms with Gasteiger partial charge in [-0.05, 0) is 25.7 Å². The van der Waals surface area contributed by atoms with Gasteiger partial charge >= 0.3 is 0 Å². The van der Waals surface area contributed by atoms with Gasteiger partial charge in [0.1, 0.15) is 0 Å². The molecular weight excluding hydrogens is 174 g/mol. The molecule has 1 atom stereocenters. The van der Waals surface area contributed by atoms with E-state index < -0.39 is 0 Å². The van der Waals surface area contributed by atoms with Crippen molar-refractivity contribution in [2.45, 2.75) is 52.4 Å². The summed E-state index contributed by atoms with van der Waals surface area (Å²) in [6, 6.07) is 0. The van der Waals surface area contributed by atoms with Crippen molar-refractivity contribution in [1.82, 2.24) is 5.32 Å². The van der Waals surface area contributed by atoms with E-state index in [0.29, 0.717) is 5.92 Å². The second kappa shape index (κ2) is 6.05. The van der Waals surface area contributed by atoms with E-state index in [1.807, 2.05) is 6.92 Å². The first-order valence-corrected chi connectivity index (χ1v) is 6.05. The number of hydrogen-bond acceptors (Lipinski definition) is 1. The highest BCUT2D eigenvalue weighted by Gasteiger charge is 2.28. The summed E-state index contributed by atoms with van der Waals surface area (Å²) in [5.74, 6) is 1.44. The van der Waals surface area contributed by atoms with Gasteiger partial charge in [-0.3, -0.25) is 4.79 Å². The molecule has 1 saturated carbocycles. The van der Waals surface area contributed by atoms with Crippen LogP contribution in [-0.4, -0.2) is 12.5 Å². The van der Waals surface area contributed by atoms with E-state index >= 15 is 0 Å². The molecule has 1 fully saturated rings. The van der Waals surface area contributed by atoms with E-state index in [2.05, 4.69) is 12.2 Å². The van der Waals surface area contributed by atoms with Crippen molar-refractivity contribution in [1.29, 1.82) is 0 Å². The highest BCUT2D eigenvalue weighted by Crippen LogP contribution is 2.36. The van der Waals surface area contributed by atoms with Crippen molar-refractivity contribution in [3.63, 3.8) is 0 Å². The molecule has 1 aliphatic carbocycles. The number of unbranched alkanes of at least 4 members (excludes halogenated alkanes) is 1. The lowest BCUT2D eigenvalue weighted by atomic mass is 9.95. The molecule has 2 heteroatoms. The lowest BCUT2D eigenvalue weighted by molar-refractivity contribution is -0.125. The van der Waals surface area contributed by atoms with Crippen LogP contribution in [-0.2, 0) is 4.79 Å². The fourth-order valence-electron chi connectivity index (χ4n) is 1.88. The van der Waals surface area contributed by atoms with E-state index in [0.717, 1.165) is 25.3 Å². The van der Waals surface area contributed by atoms with Gasteiger partial charge < -0.3 is 5.32 Å². The van der Waals surface area contributed by atoms with Crippen LogP contribution in [0.2, 0.25) is 0 Å². The second-order valence-electron chi connectivity index (χ2n) is 4.41. The van der Waals surface area contributed by atoms with Crippen LogP contribution >= 0.6 is 0 Å². The molecule has 1 N–H and O–H groups in total. The summed E-state index contributed by atoms with van der Waals surface area (Å²) in [5.41, 5.74) is 0. The van der Waals surface area contributed by atoms with E-state index in [1.54, 1.807) is 0 Å². The summed E-state index contributed by atoms with van der Waals surface area (Å²) in [5, 5.41) is 2.95.